The molecule has 0 spiro atoms. The molecule has 1 fully saturated rings. The first-order chi connectivity index (χ1) is 8.45. The van der Waals surface area contributed by atoms with Crippen molar-refractivity contribution >= 4 is 0 Å². The summed E-state index contributed by atoms with van der Waals surface area (Å²) in [6, 6.07) is 11.1. The van der Waals surface area contributed by atoms with E-state index in [1.54, 1.807) is 0 Å². The molecule has 0 N–H and O–H groups in total. The monoisotopic (exact) mass is 233 g/mol. The molecule has 1 aromatic rings. The Hall–Kier alpha value is -0.860. The van der Waals surface area contributed by atoms with Crippen LogP contribution in [0.4, 0.5) is 0 Å². The summed E-state index contributed by atoms with van der Waals surface area (Å²) in [7, 11) is 0. The Morgan fingerprint density at radius 3 is 2.53 bits per heavy atom. The number of ether oxygens (including phenoxy) is 2. The first-order valence-corrected chi connectivity index (χ1v) is 6.55. The van der Waals surface area contributed by atoms with Gasteiger partial charge < -0.3 is 9.47 Å². The zero-order valence-electron chi connectivity index (χ0n) is 10.4. The molecule has 0 saturated heterocycles. The number of hydrogen-bond donors (Lipinski definition) is 0. The summed E-state index contributed by atoms with van der Waals surface area (Å²) in [6.45, 7) is 3.15. The first-order valence-electron chi connectivity index (χ1n) is 6.55. The van der Waals surface area contributed by atoms with E-state index in [9.17, 15) is 0 Å². The van der Waals surface area contributed by atoms with Crippen molar-refractivity contribution in [3.8, 4) is 0 Å². The molecule has 2 nitrogen and oxygen atoms in total. The third-order valence-electron chi connectivity index (χ3n) is 3.27. The van der Waals surface area contributed by atoms with Gasteiger partial charge in [-0.2, -0.15) is 0 Å². The van der Waals surface area contributed by atoms with Crippen LogP contribution >= 0.6 is 0 Å². The molecule has 0 heterocycles. The fourth-order valence-corrected chi connectivity index (χ4v) is 1.91. The number of hydrogen-bond acceptors (Lipinski definition) is 2. The SMILES string of the molecule is [c]1ccc(CCOCCOCC2CCC2)cc1. The number of benzene rings is 1. The van der Waals surface area contributed by atoms with E-state index in [4.69, 9.17) is 9.47 Å². The summed E-state index contributed by atoms with van der Waals surface area (Å²) in [5.41, 5.74) is 1.30. The standard InChI is InChI=1S/C15H21O2/c1-2-5-14(6-3-1)9-10-16-11-12-17-13-15-7-4-8-15/h2-3,5-6,15H,4,7-13H2. The summed E-state index contributed by atoms with van der Waals surface area (Å²) in [6.07, 6.45) is 5.06. The Labute approximate surface area is 104 Å². The molecule has 0 amide bonds. The third-order valence-corrected chi connectivity index (χ3v) is 3.27. The van der Waals surface area contributed by atoms with Crippen LogP contribution in [0.2, 0.25) is 0 Å². The van der Waals surface area contributed by atoms with E-state index in [-0.39, 0.29) is 0 Å². The van der Waals surface area contributed by atoms with Crippen molar-refractivity contribution in [1.29, 1.82) is 0 Å². The molecule has 17 heavy (non-hydrogen) atoms. The minimum atomic E-state index is 0.714. The fraction of sp³-hybridized carbons (Fsp3) is 0.600. The Balaban J connectivity index is 1.41. The van der Waals surface area contributed by atoms with Crippen LogP contribution < -0.4 is 0 Å². The minimum absolute atomic E-state index is 0.714. The maximum Gasteiger partial charge on any atom is 0.0700 e. The average molecular weight is 233 g/mol. The van der Waals surface area contributed by atoms with Gasteiger partial charge in [-0.25, -0.2) is 0 Å². The van der Waals surface area contributed by atoms with Gasteiger partial charge in [-0.1, -0.05) is 30.7 Å². The average Bonchev–Trinajstić information content (AvgIpc) is 2.31. The Kier molecular flexibility index (Phi) is 5.53. The third kappa shape index (κ3) is 4.88. The lowest BCUT2D eigenvalue weighted by Gasteiger charge is -2.24. The lowest BCUT2D eigenvalue weighted by atomic mass is 9.86. The molecule has 0 atom stereocenters. The van der Waals surface area contributed by atoms with Crippen molar-refractivity contribution in [2.24, 2.45) is 5.92 Å². The molecule has 93 valence electrons. The molecule has 1 aliphatic carbocycles. The number of rotatable bonds is 8. The van der Waals surface area contributed by atoms with Gasteiger partial charge in [0, 0.05) is 6.61 Å². The van der Waals surface area contributed by atoms with Gasteiger partial charge in [0.2, 0.25) is 0 Å². The molecule has 0 unspecified atom stereocenters. The van der Waals surface area contributed by atoms with Gasteiger partial charge in [-0.05, 0) is 36.8 Å². The van der Waals surface area contributed by atoms with Crippen LogP contribution in [0.3, 0.4) is 0 Å². The first kappa shape index (κ1) is 12.6. The van der Waals surface area contributed by atoms with Crippen molar-refractivity contribution in [2.75, 3.05) is 26.4 Å². The van der Waals surface area contributed by atoms with E-state index in [1.807, 2.05) is 12.1 Å². The van der Waals surface area contributed by atoms with Crippen molar-refractivity contribution in [3.05, 3.63) is 35.9 Å². The highest BCUT2D eigenvalue weighted by atomic mass is 16.5. The van der Waals surface area contributed by atoms with Gasteiger partial charge in [0.1, 0.15) is 0 Å². The van der Waals surface area contributed by atoms with Crippen LogP contribution in [-0.4, -0.2) is 26.4 Å². The highest BCUT2D eigenvalue weighted by Crippen LogP contribution is 2.26. The quantitative estimate of drug-likeness (QED) is 0.643. The van der Waals surface area contributed by atoms with E-state index >= 15 is 0 Å². The molecule has 2 heteroatoms. The van der Waals surface area contributed by atoms with Crippen LogP contribution in [0.25, 0.3) is 0 Å². The van der Waals surface area contributed by atoms with Gasteiger partial charge >= 0.3 is 0 Å². The van der Waals surface area contributed by atoms with E-state index in [2.05, 4.69) is 18.2 Å². The second kappa shape index (κ2) is 7.46. The summed E-state index contributed by atoms with van der Waals surface area (Å²) >= 11 is 0. The predicted octanol–water partition coefficient (Wildman–Crippen LogP) is 2.86. The second-order valence-electron chi connectivity index (χ2n) is 4.64. The lowest BCUT2D eigenvalue weighted by Crippen LogP contribution is -2.19. The zero-order valence-corrected chi connectivity index (χ0v) is 10.4. The molecule has 2 rings (SSSR count). The van der Waals surface area contributed by atoms with E-state index < -0.39 is 0 Å². The minimum Gasteiger partial charge on any atom is -0.379 e. The smallest absolute Gasteiger partial charge is 0.0700 e. The molecular weight excluding hydrogens is 212 g/mol. The van der Waals surface area contributed by atoms with Crippen LogP contribution in [0.1, 0.15) is 24.8 Å². The van der Waals surface area contributed by atoms with Crippen LogP contribution in [0, 0.1) is 12.0 Å². The highest BCUT2D eigenvalue weighted by molar-refractivity contribution is 5.13. The molecule has 1 saturated carbocycles. The van der Waals surface area contributed by atoms with Gasteiger partial charge in [0.25, 0.3) is 0 Å². The van der Waals surface area contributed by atoms with E-state index in [1.165, 1.54) is 24.8 Å². The van der Waals surface area contributed by atoms with Crippen LogP contribution in [0.5, 0.6) is 0 Å². The molecule has 0 bridgehead atoms. The topological polar surface area (TPSA) is 18.5 Å². The molecule has 0 aliphatic heterocycles. The summed E-state index contributed by atoms with van der Waals surface area (Å²) < 4.78 is 11.1. The van der Waals surface area contributed by atoms with Gasteiger partial charge in [0.15, 0.2) is 0 Å². The normalized spacial score (nSPS) is 15.8. The van der Waals surface area contributed by atoms with Gasteiger partial charge in [-0.15, -0.1) is 0 Å². The van der Waals surface area contributed by atoms with Crippen LogP contribution in [0.15, 0.2) is 24.3 Å². The lowest BCUT2D eigenvalue weighted by molar-refractivity contribution is 0.0212. The second-order valence-corrected chi connectivity index (χ2v) is 4.64. The molecular formula is C15H21O2. The zero-order chi connectivity index (χ0) is 11.8. The maximum atomic E-state index is 5.56. The van der Waals surface area contributed by atoms with Crippen LogP contribution in [-0.2, 0) is 15.9 Å². The fourth-order valence-electron chi connectivity index (χ4n) is 1.91. The molecule has 1 aromatic carbocycles. The van der Waals surface area contributed by atoms with Gasteiger partial charge in [-0.3, -0.25) is 0 Å². The largest absolute Gasteiger partial charge is 0.379 e. The Bertz CT molecular complexity index is 293. The molecule has 0 aromatic heterocycles. The summed E-state index contributed by atoms with van der Waals surface area (Å²) in [5.74, 6) is 0.829. The van der Waals surface area contributed by atoms with E-state index in [0.29, 0.717) is 6.61 Å². The van der Waals surface area contributed by atoms with E-state index in [0.717, 1.165) is 32.2 Å². The maximum absolute atomic E-state index is 5.56. The van der Waals surface area contributed by atoms with Crippen molar-refractivity contribution in [2.45, 2.75) is 25.7 Å². The molecule has 1 aliphatic rings. The highest BCUT2D eigenvalue weighted by Gasteiger charge is 2.16. The Morgan fingerprint density at radius 1 is 1.06 bits per heavy atom. The summed E-state index contributed by atoms with van der Waals surface area (Å²) in [4.78, 5) is 0. The van der Waals surface area contributed by atoms with Crippen molar-refractivity contribution in [1.82, 2.24) is 0 Å². The molecule has 1 radical (unpaired) electrons. The van der Waals surface area contributed by atoms with Gasteiger partial charge in [0.05, 0.1) is 19.8 Å². The predicted molar refractivity (Wildman–Crippen MR) is 68.0 cm³/mol. The Morgan fingerprint density at radius 2 is 1.82 bits per heavy atom. The van der Waals surface area contributed by atoms with Crippen molar-refractivity contribution < 1.29 is 9.47 Å². The summed E-state index contributed by atoms with van der Waals surface area (Å²) in [5, 5.41) is 0. The van der Waals surface area contributed by atoms with Crippen molar-refractivity contribution in [3.63, 3.8) is 0 Å².